The van der Waals surface area contributed by atoms with Crippen LogP contribution in [0.4, 0.5) is 5.69 Å². The minimum Gasteiger partial charge on any atom is -0.321 e. The highest BCUT2D eigenvalue weighted by atomic mass is 35.5. The van der Waals surface area contributed by atoms with Gasteiger partial charge in [-0.1, -0.05) is 36.5 Å². The van der Waals surface area contributed by atoms with Gasteiger partial charge in [0.1, 0.15) is 11.3 Å². The molecule has 1 aromatic carbocycles. The number of fused-ring (bicyclic) bond motifs is 1. The first-order chi connectivity index (χ1) is 11.5. The number of aromatic nitrogens is 2. The number of nitrogens with zero attached hydrogens (tertiary/aromatic N) is 2. The summed E-state index contributed by atoms with van der Waals surface area (Å²) in [5.74, 6) is -0.229. The maximum Gasteiger partial charge on any atom is 0.274 e. The summed E-state index contributed by atoms with van der Waals surface area (Å²) in [6.45, 7) is 4.07. The number of carbonyl (C=O) groups is 1. The Bertz CT molecular complexity index is 898. The summed E-state index contributed by atoms with van der Waals surface area (Å²) in [6, 6.07) is 8.87. The molecule has 4 nitrogen and oxygen atoms in total. The maximum absolute atomic E-state index is 12.8. The number of amides is 1. The summed E-state index contributed by atoms with van der Waals surface area (Å²) in [7, 11) is 0. The summed E-state index contributed by atoms with van der Waals surface area (Å²) >= 11 is 12.0. The molecule has 0 aliphatic heterocycles. The minimum atomic E-state index is -0.229. The third kappa shape index (κ3) is 3.40. The van der Waals surface area contributed by atoms with Gasteiger partial charge in [-0.25, -0.2) is 4.98 Å². The van der Waals surface area contributed by atoms with Gasteiger partial charge in [0, 0.05) is 21.9 Å². The van der Waals surface area contributed by atoms with Crippen molar-refractivity contribution in [1.29, 1.82) is 0 Å². The Labute approximate surface area is 150 Å². The number of pyridine rings is 1. The Balaban J connectivity index is 2.03. The van der Waals surface area contributed by atoms with Gasteiger partial charge < -0.3 is 5.32 Å². The molecule has 2 heterocycles. The predicted octanol–water partition coefficient (Wildman–Crippen LogP) is 5.15. The lowest BCUT2D eigenvalue weighted by Crippen LogP contribution is -2.16. The van der Waals surface area contributed by atoms with Crippen molar-refractivity contribution in [2.45, 2.75) is 26.7 Å². The summed E-state index contributed by atoms with van der Waals surface area (Å²) in [5, 5.41) is 3.81. The van der Waals surface area contributed by atoms with Gasteiger partial charge in [0.15, 0.2) is 0 Å². The third-order valence-corrected chi connectivity index (χ3v) is 4.11. The van der Waals surface area contributed by atoms with Crippen molar-refractivity contribution in [2.75, 3.05) is 5.32 Å². The summed E-state index contributed by atoms with van der Waals surface area (Å²) in [4.78, 5) is 17.4. The zero-order chi connectivity index (χ0) is 17.3. The molecule has 0 radical (unpaired) electrons. The smallest absolute Gasteiger partial charge is 0.274 e. The normalized spacial score (nSPS) is 11.0. The molecule has 124 valence electrons. The summed E-state index contributed by atoms with van der Waals surface area (Å²) in [5.41, 5.74) is 3.76. The fraction of sp³-hybridized carbons (Fsp3) is 0.222. The lowest BCUT2D eigenvalue weighted by Gasteiger charge is -2.08. The third-order valence-electron chi connectivity index (χ3n) is 3.68. The molecule has 0 fully saturated rings. The number of anilines is 1. The van der Waals surface area contributed by atoms with Crippen LogP contribution < -0.4 is 5.32 Å². The number of hydrogen-bond acceptors (Lipinski definition) is 2. The SMILES string of the molecule is CCCc1nc2cc(C)ccn2c1C(=O)Nc1cc(Cl)cc(Cl)c1. The van der Waals surface area contributed by atoms with Gasteiger partial charge in [0.2, 0.25) is 0 Å². The van der Waals surface area contributed by atoms with Crippen molar-refractivity contribution >= 4 is 40.4 Å². The van der Waals surface area contributed by atoms with Crippen LogP contribution in [0.25, 0.3) is 5.65 Å². The van der Waals surface area contributed by atoms with E-state index < -0.39 is 0 Å². The van der Waals surface area contributed by atoms with Crippen LogP contribution in [0.15, 0.2) is 36.5 Å². The van der Waals surface area contributed by atoms with Gasteiger partial charge in [-0.15, -0.1) is 0 Å². The molecule has 1 amide bonds. The van der Waals surface area contributed by atoms with E-state index in [1.54, 1.807) is 18.2 Å². The second-order valence-electron chi connectivity index (χ2n) is 5.70. The van der Waals surface area contributed by atoms with Gasteiger partial charge >= 0.3 is 0 Å². The predicted molar refractivity (Wildman–Crippen MR) is 98.3 cm³/mol. The Morgan fingerprint density at radius 2 is 1.92 bits per heavy atom. The van der Waals surface area contributed by atoms with Crippen LogP contribution in [-0.2, 0) is 6.42 Å². The molecule has 2 aromatic heterocycles. The molecule has 0 saturated heterocycles. The Kier molecular flexibility index (Phi) is 4.78. The van der Waals surface area contributed by atoms with Crippen LogP contribution in [0, 0.1) is 6.92 Å². The number of nitrogens with one attached hydrogen (secondary N) is 1. The highest BCUT2D eigenvalue weighted by molar-refractivity contribution is 6.35. The molecule has 0 aliphatic carbocycles. The van der Waals surface area contributed by atoms with Crippen LogP contribution >= 0.6 is 23.2 Å². The first kappa shape index (κ1) is 16.8. The fourth-order valence-corrected chi connectivity index (χ4v) is 3.19. The number of imidazole rings is 1. The van der Waals surface area contributed by atoms with E-state index in [-0.39, 0.29) is 5.91 Å². The maximum atomic E-state index is 12.8. The quantitative estimate of drug-likeness (QED) is 0.697. The average molecular weight is 362 g/mol. The molecule has 24 heavy (non-hydrogen) atoms. The fourth-order valence-electron chi connectivity index (χ4n) is 2.66. The molecular weight excluding hydrogens is 345 g/mol. The Hall–Kier alpha value is -2.04. The first-order valence-electron chi connectivity index (χ1n) is 7.73. The average Bonchev–Trinajstić information content (AvgIpc) is 2.83. The lowest BCUT2D eigenvalue weighted by molar-refractivity contribution is 0.102. The molecule has 1 N–H and O–H groups in total. The van der Waals surface area contributed by atoms with Gasteiger partial charge in [0.05, 0.1) is 5.69 Å². The van der Waals surface area contributed by atoms with Gasteiger partial charge in [-0.2, -0.15) is 0 Å². The Morgan fingerprint density at radius 1 is 1.21 bits per heavy atom. The monoisotopic (exact) mass is 361 g/mol. The van der Waals surface area contributed by atoms with Crippen molar-refractivity contribution in [2.24, 2.45) is 0 Å². The number of benzene rings is 1. The molecule has 0 saturated carbocycles. The minimum absolute atomic E-state index is 0.229. The molecule has 0 unspecified atom stereocenters. The molecule has 0 spiro atoms. The number of carbonyl (C=O) groups excluding carboxylic acids is 1. The highest BCUT2D eigenvalue weighted by Gasteiger charge is 2.19. The zero-order valence-electron chi connectivity index (χ0n) is 13.4. The van der Waals surface area contributed by atoms with Crippen molar-refractivity contribution in [3.63, 3.8) is 0 Å². The van der Waals surface area contributed by atoms with E-state index in [1.165, 1.54) is 0 Å². The molecular formula is C18H17Cl2N3O. The van der Waals surface area contributed by atoms with Crippen molar-refractivity contribution in [1.82, 2.24) is 9.38 Å². The topological polar surface area (TPSA) is 46.4 Å². The van der Waals surface area contributed by atoms with Crippen LogP contribution in [0.3, 0.4) is 0 Å². The van der Waals surface area contributed by atoms with Crippen LogP contribution in [0.2, 0.25) is 10.0 Å². The standard InChI is InChI=1S/C18H17Cl2N3O/c1-3-4-15-17(23-6-5-11(2)7-16(23)22-15)18(24)21-14-9-12(19)8-13(20)10-14/h5-10H,3-4H2,1-2H3,(H,21,24). The molecule has 3 rings (SSSR count). The summed E-state index contributed by atoms with van der Waals surface area (Å²) < 4.78 is 1.82. The van der Waals surface area contributed by atoms with E-state index in [0.29, 0.717) is 21.4 Å². The van der Waals surface area contributed by atoms with E-state index >= 15 is 0 Å². The summed E-state index contributed by atoms with van der Waals surface area (Å²) in [6.07, 6.45) is 3.52. The molecule has 0 atom stereocenters. The molecule has 3 aromatic rings. The number of halogens is 2. The van der Waals surface area contributed by atoms with Gasteiger partial charge in [-0.3, -0.25) is 9.20 Å². The van der Waals surface area contributed by atoms with Crippen LogP contribution in [-0.4, -0.2) is 15.3 Å². The van der Waals surface area contributed by atoms with Crippen molar-refractivity contribution in [3.8, 4) is 0 Å². The van der Waals surface area contributed by atoms with Crippen molar-refractivity contribution in [3.05, 3.63) is 63.5 Å². The molecule has 6 heteroatoms. The van der Waals surface area contributed by atoms with Crippen molar-refractivity contribution < 1.29 is 4.79 Å². The molecule has 0 aliphatic rings. The van der Waals surface area contributed by atoms with Gasteiger partial charge in [-0.05, 0) is 49.2 Å². The second-order valence-corrected chi connectivity index (χ2v) is 6.57. The second kappa shape index (κ2) is 6.83. The number of hydrogen-bond donors (Lipinski definition) is 1. The van der Waals surface area contributed by atoms with E-state index in [2.05, 4.69) is 17.2 Å². The Morgan fingerprint density at radius 3 is 2.58 bits per heavy atom. The van der Waals surface area contributed by atoms with E-state index in [4.69, 9.17) is 23.2 Å². The number of aryl methyl sites for hydroxylation is 2. The van der Waals surface area contributed by atoms with Crippen LogP contribution in [0.1, 0.15) is 35.1 Å². The zero-order valence-corrected chi connectivity index (χ0v) is 14.9. The van der Waals surface area contributed by atoms with E-state index in [1.807, 2.05) is 29.7 Å². The number of rotatable bonds is 4. The lowest BCUT2D eigenvalue weighted by atomic mass is 10.2. The largest absolute Gasteiger partial charge is 0.321 e. The van der Waals surface area contributed by atoms with Gasteiger partial charge in [0.25, 0.3) is 5.91 Å². The van der Waals surface area contributed by atoms with Crippen LogP contribution in [0.5, 0.6) is 0 Å². The van der Waals surface area contributed by atoms with E-state index in [9.17, 15) is 4.79 Å². The highest BCUT2D eigenvalue weighted by Crippen LogP contribution is 2.24. The first-order valence-corrected chi connectivity index (χ1v) is 8.48. The molecule has 0 bridgehead atoms. The van der Waals surface area contributed by atoms with E-state index in [0.717, 1.165) is 29.7 Å².